The summed E-state index contributed by atoms with van der Waals surface area (Å²) in [5.74, 6) is 0.848. The molecule has 5 aromatic rings. The van der Waals surface area contributed by atoms with Crippen molar-refractivity contribution in [3.63, 3.8) is 0 Å². The van der Waals surface area contributed by atoms with Crippen LogP contribution in [-0.2, 0) is 0 Å². The smallest absolute Gasteiger partial charge is 0.355 e. The Morgan fingerprint density at radius 2 is 1.62 bits per heavy atom. The lowest BCUT2D eigenvalue weighted by atomic mass is 10.3. The maximum absolute atomic E-state index is 13.2. The van der Waals surface area contributed by atoms with Crippen molar-refractivity contribution in [2.75, 3.05) is 17.7 Å². The summed E-state index contributed by atoms with van der Waals surface area (Å²) in [6, 6.07) is 22.7. The zero-order valence-electron chi connectivity index (χ0n) is 17.0. The number of benzene rings is 3. The lowest BCUT2D eigenvalue weighted by Crippen LogP contribution is -2.22. The van der Waals surface area contributed by atoms with Gasteiger partial charge < -0.3 is 10.1 Å². The molecule has 0 unspecified atom stereocenters. The molecular weight excluding hydrogens is 408 g/mol. The van der Waals surface area contributed by atoms with Gasteiger partial charge in [-0.05, 0) is 48.5 Å². The number of carbonyl (C=O) groups excluding carboxylic acids is 1. The fraction of sp³-hybridized carbons (Fsp3) is 0.0435. The average molecular weight is 426 g/mol. The molecule has 9 heteroatoms. The lowest BCUT2D eigenvalue weighted by Gasteiger charge is -2.09. The summed E-state index contributed by atoms with van der Waals surface area (Å²) in [6.07, 6.45) is 0. The number of carbonyl (C=O) groups is 1. The highest BCUT2D eigenvalue weighted by molar-refractivity contribution is 6.02. The Labute approximate surface area is 181 Å². The third-order valence-electron chi connectivity index (χ3n) is 4.93. The van der Waals surface area contributed by atoms with Crippen LogP contribution in [0, 0.1) is 0 Å². The largest absolute Gasteiger partial charge is 0.497 e. The summed E-state index contributed by atoms with van der Waals surface area (Å²) < 4.78 is 7.86. The normalized spacial score (nSPS) is 10.9. The third kappa shape index (κ3) is 3.41. The first-order valence-electron chi connectivity index (χ1n) is 9.82. The average Bonchev–Trinajstić information content (AvgIpc) is 3.18. The van der Waals surface area contributed by atoms with Gasteiger partial charge in [0.1, 0.15) is 5.75 Å². The molecule has 0 radical (unpaired) electrons. The van der Waals surface area contributed by atoms with Gasteiger partial charge in [0.15, 0.2) is 5.82 Å². The number of nitrogens with zero attached hydrogens (tertiary/aromatic N) is 4. The van der Waals surface area contributed by atoms with Crippen LogP contribution in [0.3, 0.4) is 0 Å². The van der Waals surface area contributed by atoms with E-state index in [1.807, 2.05) is 30.3 Å². The van der Waals surface area contributed by atoms with Crippen molar-refractivity contribution >= 4 is 34.2 Å². The highest BCUT2D eigenvalue weighted by atomic mass is 16.5. The van der Waals surface area contributed by atoms with Gasteiger partial charge in [0, 0.05) is 5.69 Å². The molecule has 2 amide bonds. The Bertz CT molecular complexity index is 1490. The van der Waals surface area contributed by atoms with Gasteiger partial charge in [0.05, 0.1) is 23.8 Å². The van der Waals surface area contributed by atoms with E-state index in [0.29, 0.717) is 28.2 Å². The van der Waals surface area contributed by atoms with Gasteiger partial charge in [-0.2, -0.15) is 4.68 Å². The SMILES string of the molecule is COc1ccc(NC(=O)Nc2nc3ccccc3n3c(=O)n(-c4ccccc4)nc23)cc1. The molecule has 2 aromatic heterocycles. The quantitative estimate of drug-likeness (QED) is 0.456. The molecule has 158 valence electrons. The van der Waals surface area contributed by atoms with Crippen molar-refractivity contribution in [1.29, 1.82) is 0 Å². The van der Waals surface area contributed by atoms with E-state index in [1.54, 1.807) is 55.6 Å². The van der Waals surface area contributed by atoms with Crippen LogP contribution in [0.5, 0.6) is 5.75 Å². The van der Waals surface area contributed by atoms with Gasteiger partial charge in [-0.15, -0.1) is 5.10 Å². The first kappa shape index (κ1) is 19.3. The zero-order chi connectivity index (χ0) is 22.1. The van der Waals surface area contributed by atoms with Crippen LogP contribution in [0.25, 0.3) is 22.4 Å². The molecular formula is C23H18N6O3. The van der Waals surface area contributed by atoms with Crippen LogP contribution in [0.4, 0.5) is 16.3 Å². The number of urea groups is 1. The number of ether oxygens (including phenoxy) is 1. The number of methoxy groups -OCH3 is 1. The van der Waals surface area contributed by atoms with Gasteiger partial charge in [-0.3, -0.25) is 5.32 Å². The molecule has 0 aliphatic carbocycles. The first-order valence-corrected chi connectivity index (χ1v) is 9.82. The van der Waals surface area contributed by atoms with Gasteiger partial charge in [-0.1, -0.05) is 30.3 Å². The second-order valence-electron chi connectivity index (χ2n) is 6.95. The van der Waals surface area contributed by atoms with E-state index in [1.165, 1.54) is 9.08 Å². The Morgan fingerprint density at radius 1 is 0.906 bits per heavy atom. The van der Waals surface area contributed by atoms with Gasteiger partial charge in [-0.25, -0.2) is 19.0 Å². The number of para-hydroxylation sites is 3. The standard InChI is InChI=1S/C23H18N6O3/c1-32-17-13-11-15(12-14-17)24-22(30)26-20-21-27-29(16-7-3-2-4-8-16)23(31)28(21)19-10-6-5-9-18(19)25-20/h2-14H,1H3,(H2,24,25,26,30). The molecule has 2 N–H and O–H groups in total. The maximum Gasteiger partial charge on any atom is 0.355 e. The topological polar surface area (TPSA) is 103 Å². The Kier molecular flexibility index (Phi) is 4.75. The van der Waals surface area contributed by atoms with Crippen LogP contribution < -0.4 is 21.1 Å². The monoisotopic (exact) mass is 426 g/mol. The summed E-state index contributed by atoms with van der Waals surface area (Å²) in [5.41, 5.74) is 2.21. The Hall–Kier alpha value is -4.66. The molecule has 0 bridgehead atoms. The summed E-state index contributed by atoms with van der Waals surface area (Å²) in [7, 11) is 1.57. The molecule has 0 spiro atoms. The number of rotatable bonds is 4. The van der Waals surface area contributed by atoms with E-state index >= 15 is 0 Å². The minimum Gasteiger partial charge on any atom is -0.497 e. The fourth-order valence-electron chi connectivity index (χ4n) is 3.42. The minimum atomic E-state index is -0.512. The maximum atomic E-state index is 13.2. The number of fused-ring (bicyclic) bond motifs is 3. The van der Waals surface area contributed by atoms with Crippen molar-refractivity contribution in [3.05, 3.63) is 89.3 Å². The van der Waals surface area contributed by atoms with Crippen molar-refractivity contribution < 1.29 is 9.53 Å². The summed E-state index contributed by atoms with van der Waals surface area (Å²) in [4.78, 5) is 30.4. The minimum absolute atomic E-state index is 0.168. The van der Waals surface area contributed by atoms with Gasteiger partial charge in [0.2, 0.25) is 5.65 Å². The fourth-order valence-corrected chi connectivity index (χ4v) is 3.42. The second-order valence-corrected chi connectivity index (χ2v) is 6.95. The first-order chi connectivity index (χ1) is 15.6. The highest BCUT2D eigenvalue weighted by Gasteiger charge is 2.18. The van der Waals surface area contributed by atoms with E-state index in [2.05, 4.69) is 20.7 Å². The molecule has 2 heterocycles. The molecule has 0 saturated heterocycles. The number of nitrogens with one attached hydrogen (secondary N) is 2. The molecule has 0 atom stereocenters. The number of hydrogen-bond donors (Lipinski definition) is 2. The number of hydrogen-bond acceptors (Lipinski definition) is 5. The van der Waals surface area contributed by atoms with Crippen LogP contribution in [0.15, 0.2) is 83.7 Å². The van der Waals surface area contributed by atoms with Gasteiger partial charge >= 0.3 is 11.7 Å². The van der Waals surface area contributed by atoms with E-state index in [-0.39, 0.29) is 17.2 Å². The number of anilines is 2. The third-order valence-corrected chi connectivity index (χ3v) is 4.93. The van der Waals surface area contributed by atoms with Crippen molar-refractivity contribution in [3.8, 4) is 11.4 Å². The molecule has 0 saturated carbocycles. The predicted molar refractivity (Wildman–Crippen MR) is 122 cm³/mol. The van der Waals surface area contributed by atoms with E-state index in [4.69, 9.17) is 4.74 Å². The molecule has 0 aliphatic heterocycles. The van der Waals surface area contributed by atoms with E-state index < -0.39 is 6.03 Å². The number of aromatic nitrogens is 4. The molecule has 0 fully saturated rings. The summed E-state index contributed by atoms with van der Waals surface area (Å²) in [5, 5.41) is 9.92. The lowest BCUT2D eigenvalue weighted by molar-refractivity contribution is 0.262. The number of amides is 2. The predicted octanol–water partition coefficient (Wildman–Crippen LogP) is 3.69. The van der Waals surface area contributed by atoms with Crippen LogP contribution >= 0.6 is 0 Å². The van der Waals surface area contributed by atoms with Crippen LogP contribution in [-0.4, -0.2) is 32.3 Å². The molecule has 32 heavy (non-hydrogen) atoms. The Balaban J connectivity index is 1.58. The van der Waals surface area contributed by atoms with Gasteiger partial charge in [0.25, 0.3) is 0 Å². The van der Waals surface area contributed by atoms with E-state index in [0.717, 1.165) is 0 Å². The van der Waals surface area contributed by atoms with Crippen molar-refractivity contribution in [1.82, 2.24) is 19.2 Å². The molecule has 3 aromatic carbocycles. The molecule has 5 rings (SSSR count). The highest BCUT2D eigenvalue weighted by Crippen LogP contribution is 2.21. The van der Waals surface area contributed by atoms with Crippen LogP contribution in [0.2, 0.25) is 0 Å². The van der Waals surface area contributed by atoms with Crippen molar-refractivity contribution in [2.24, 2.45) is 0 Å². The van der Waals surface area contributed by atoms with Crippen molar-refractivity contribution in [2.45, 2.75) is 0 Å². The summed E-state index contributed by atoms with van der Waals surface area (Å²) in [6.45, 7) is 0. The Morgan fingerprint density at radius 3 is 2.38 bits per heavy atom. The molecule has 0 aliphatic rings. The zero-order valence-corrected chi connectivity index (χ0v) is 17.0. The van der Waals surface area contributed by atoms with Crippen LogP contribution in [0.1, 0.15) is 0 Å². The molecule has 9 nitrogen and oxygen atoms in total. The second kappa shape index (κ2) is 7.88. The summed E-state index contributed by atoms with van der Waals surface area (Å²) >= 11 is 0. The van der Waals surface area contributed by atoms with E-state index in [9.17, 15) is 9.59 Å².